The Hall–Kier alpha value is -1.31. The molecule has 16 heavy (non-hydrogen) atoms. The normalized spacial score (nSPS) is 12.1. The lowest BCUT2D eigenvalue weighted by atomic mass is 10.0. The van der Waals surface area contributed by atoms with E-state index in [4.69, 9.17) is 0 Å². The lowest BCUT2D eigenvalue weighted by Gasteiger charge is -2.12. The zero-order valence-corrected chi connectivity index (χ0v) is 10.2. The van der Waals surface area contributed by atoms with Crippen molar-refractivity contribution >= 4 is 5.91 Å². The van der Waals surface area contributed by atoms with E-state index in [0.29, 0.717) is 12.3 Å². The van der Waals surface area contributed by atoms with Crippen LogP contribution in [0.4, 0.5) is 0 Å². The van der Waals surface area contributed by atoms with E-state index in [1.54, 1.807) is 0 Å². The Morgan fingerprint density at radius 1 is 1.31 bits per heavy atom. The average molecular weight is 219 g/mol. The molecular weight excluding hydrogens is 198 g/mol. The lowest BCUT2D eigenvalue weighted by molar-refractivity contribution is -0.121. The van der Waals surface area contributed by atoms with E-state index in [9.17, 15) is 4.79 Å². The topological polar surface area (TPSA) is 29.1 Å². The molecule has 1 rings (SSSR count). The molecule has 0 aromatic heterocycles. The van der Waals surface area contributed by atoms with E-state index in [0.717, 1.165) is 19.4 Å². The van der Waals surface area contributed by atoms with Crippen LogP contribution in [0.3, 0.4) is 0 Å². The molecule has 0 aliphatic heterocycles. The van der Waals surface area contributed by atoms with E-state index in [1.165, 1.54) is 5.56 Å². The first-order chi connectivity index (χ1) is 7.74. The molecule has 2 heteroatoms. The molecular formula is C14H21NO. The smallest absolute Gasteiger partial charge is 0.220 e. The summed E-state index contributed by atoms with van der Waals surface area (Å²) in [6, 6.07) is 10.3. The zero-order valence-electron chi connectivity index (χ0n) is 10.2. The zero-order chi connectivity index (χ0) is 11.8. The summed E-state index contributed by atoms with van der Waals surface area (Å²) in [6.45, 7) is 4.96. The fourth-order valence-corrected chi connectivity index (χ4v) is 1.59. The second kappa shape index (κ2) is 7.04. The van der Waals surface area contributed by atoms with Crippen molar-refractivity contribution in [2.75, 3.05) is 6.54 Å². The third-order valence-electron chi connectivity index (χ3n) is 2.73. The fourth-order valence-electron chi connectivity index (χ4n) is 1.59. The molecule has 2 nitrogen and oxygen atoms in total. The molecule has 1 atom stereocenters. The van der Waals surface area contributed by atoms with Crippen molar-refractivity contribution in [2.24, 2.45) is 0 Å². The first kappa shape index (κ1) is 12.8. The summed E-state index contributed by atoms with van der Waals surface area (Å²) in [6.07, 6.45) is 2.70. The Kier molecular flexibility index (Phi) is 5.62. The Morgan fingerprint density at radius 2 is 2.00 bits per heavy atom. The van der Waals surface area contributed by atoms with Crippen LogP contribution in [0.1, 0.15) is 44.6 Å². The number of benzene rings is 1. The van der Waals surface area contributed by atoms with Gasteiger partial charge in [0.25, 0.3) is 0 Å². The van der Waals surface area contributed by atoms with Gasteiger partial charge >= 0.3 is 0 Å². The van der Waals surface area contributed by atoms with Crippen molar-refractivity contribution in [1.29, 1.82) is 0 Å². The summed E-state index contributed by atoms with van der Waals surface area (Å²) in [5, 5.41) is 2.98. The van der Waals surface area contributed by atoms with Crippen molar-refractivity contribution < 1.29 is 4.79 Å². The molecule has 0 aliphatic rings. The minimum absolute atomic E-state index is 0.171. The van der Waals surface area contributed by atoms with Crippen molar-refractivity contribution in [2.45, 2.75) is 39.0 Å². The third kappa shape index (κ3) is 4.47. The molecule has 0 aliphatic carbocycles. The van der Waals surface area contributed by atoms with Crippen molar-refractivity contribution in [3.63, 3.8) is 0 Å². The summed E-state index contributed by atoms with van der Waals surface area (Å²) < 4.78 is 0. The summed E-state index contributed by atoms with van der Waals surface area (Å²) in [5.41, 5.74) is 1.28. The predicted molar refractivity (Wildman–Crippen MR) is 67.4 cm³/mol. The van der Waals surface area contributed by atoms with Crippen LogP contribution in [0, 0.1) is 0 Å². The molecule has 1 unspecified atom stereocenters. The van der Waals surface area contributed by atoms with Crippen molar-refractivity contribution in [1.82, 2.24) is 5.32 Å². The molecule has 0 fully saturated rings. The summed E-state index contributed by atoms with van der Waals surface area (Å²) in [4.78, 5) is 11.4. The number of hydrogen-bond donors (Lipinski definition) is 1. The average Bonchev–Trinajstić information content (AvgIpc) is 2.34. The maximum Gasteiger partial charge on any atom is 0.220 e. The molecule has 0 heterocycles. The number of unbranched alkanes of at least 4 members (excludes halogenated alkanes) is 1. The Labute approximate surface area is 98.1 Å². The molecule has 1 amide bonds. The number of nitrogens with one attached hydrogen (secondary N) is 1. The highest BCUT2D eigenvalue weighted by molar-refractivity contribution is 5.75. The third-order valence-corrected chi connectivity index (χ3v) is 2.73. The number of carbonyl (C=O) groups excluding carboxylic acids is 1. The van der Waals surface area contributed by atoms with Gasteiger partial charge in [0.05, 0.1) is 0 Å². The maximum absolute atomic E-state index is 11.4. The number of rotatable bonds is 6. The first-order valence-corrected chi connectivity index (χ1v) is 6.05. The van der Waals surface area contributed by atoms with Crippen LogP contribution in [-0.2, 0) is 4.79 Å². The number of hydrogen-bond acceptors (Lipinski definition) is 1. The van der Waals surface area contributed by atoms with Gasteiger partial charge in [0.1, 0.15) is 0 Å². The van der Waals surface area contributed by atoms with Crippen LogP contribution in [0.2, 0.25) is 0 Å². The second-order valence-electron chi connectivity index (χ2n) is 4.22. The maximum atomic E-state index is 11.4. The fraction of sp³-hybridized carbons (Fsp3) is 0.500. The monoisotopic (exact) mass is 219 g/mol. The van der Waals surface area contributed by atoms with Gasteiger partial charge in [-0.1, -0.05) is 50.6 Å². The molecule has 1 aromatic rings. The van der Waals surface area contributed by atoms with Gasteiger partial charge in [0.2, 0.25) is 5.91 Å². The quantitative estimate of drug-likeness (QED) is 0.782. The van der Waals surface area contributed by atoms with Crippen molar-refractivity contribution in [3.8, 4) is 0 Å². The predicted octanol–water partition coefficient (Wildman–Crippen LogP) is 3.10. The molecule has 0 spiro atoms. The van der Waals surface area contributed by atoms with Gasteiger partial charge in [-0.3, -0.25) is 4.79 Å². The van der Waals surface area contributed by atoms with E-state index in [2.05, 4.69) is 31.3 Å². The Bertz CT molecular complexity index is 308. The molecule has 1 N–H and O–H groups in total. The first-order valence-electron chi connectivity index (χ1n) is 6.05. The highest BCUT2D eigenvalue weighted by Crippen LogP contribution is 2.12. The van der Waals surface area contributed by atoms with E-state index in [1.807, 2.05) is 18.2 Å². The van der Waals surface area contributed by atoms with Crippen LogP contribution in [0.5, 0.6) is 0 Å². The second-order valence-corrected chi connectivity index (χ2v) is 4.22. The van der Waals surface area contributed by atoms with Crippen LogP contribution in [0.25, 0.3) is 0 Å². The SMILES string of the molecule is CCCCC(=O)NCC(C)c1ccccc1. The Morgan fingerprint density at radius 3 is 2.62 bits per heavy atom. The molecule has 88 valence electrons. The molecule has 0 radical (unpaired) electrons. The van der Waals surface area contributed by atoms with E-state index in [-0.39, 0.29) is 5.91 Å². The molecule has 1 aromatic carbocycles. The van der Waals surface area contributed by atoms with Gasteiger partial charge in [-0.05, 0) is 17.9 Å². The minimum atomic E-state index is 0.171. The van der Waals surface area contributed by atoms with Gasteiger partial charge in [-0.25, -0.2) is 0 Å². The van der Waals surface area contributed by atoms with Crippen LogP contribution in [-0.4, -0.2) is 12.5 Å². The largest absolute Gasteiger partial charge is 0.356 e. The van der Waals surface area contributed by atoms with Gasteiger partial charge in [0.15, 0.2) is 0 Å². The highest BCUT2D eigenvalue weighted by atomic mass is 16.1. The number of amides is 1. The van der Waals surface area contributed by atoms with Gasteiger partial charge in [-0.2, -0.15) is 0 Å². The molecule has 0 bridgehead atoms. The highest BCUT2D eigenvalue weighted by Gasteiger charge is 2.06. The summed E-state index contributed by atoms with van der Waals surface area (Å²) in [7, 11) is 0. The van der Waals surface area contributed by atoms with Gasteiger partial charge < -0.3 is 5.32 Å². The minimum Gasteiger partial charge on any atom is -0.356 e. The van der Waals surface area contributed by atoms with E-state index >= 15 is 0 Å². The van der Waals surface area contributed by atoms with E-state index < -0.39 is 0 Å². The summed E-state index contributed by atoms with van der Waals surface area (Å²) in [5.74, 6) is 0.552. The molecule has 0 saturated heterocycles. The summed E-state index contributed by atoms with van der Waals surface area (Å²) >= 11 is 0. The van der Waals surface area contributed by atoms with Crippen LogP contribution >= 0.6 is 0 Å². The van der Waals surface area contributed by atoms with Gasteiger partial charge in [0, 0.05) is 13.0 Å². The standard InChI is InChI=1S/C14H21NO/c1-3-4-10-14(16)15-11-12(2)13-8-6-5-7-9-13/h5-9,12H,3-4,10-11H2,1-2H3,(H,15,16). The van der Waals surface area contributed by atoms with Gasteiger partial charge in [-0.15, -0.1) is 0 Å². The molecule has 0 saturated carbocycles. The number of carbonyl (C=O) groups is 1. The van der Waals surface area contributed by atoms with Crippen LogP contribution in [0.15, 0.2) is 30.3 Å². The van der Waals surface area contributed by atoms with Crippen LogP contribution < -0.4 is 5.32 Å². The van der Waals surface area contributed by atoms with Crippen molar-refractivity contribution in [3.05, 3.63) is 35.9 Å². The lowest BCUT2D eigenvalue weighted by Crippen LogP contribution is -2.27. The Balaban J connectivity index is 2.30.